The molecule has 2 aromatic rings. The third-order valence-electron chi connectivity index (χ3n) is 3.30. The maximum absolute atomic E-state index is 5.69. The number of benzene rings is 2. The van der Waals surface area contributed by atoms with Crippen LogP contribution in [0, 0.1) is 6.92 Å². The zero-order valence-electron chi connectivity index (χ0n) is 12.8. The van der Waals surface area contributed by atoms with E-state index in [0.717, 1.165) is 37.6 Å². The molecule has 0 unspecified atom stereocenters. The maximum Gasteiger partial charge on any atom is 0.123 e. The van der Waals surface area contributed by atoms with Gasteiger partial charge in [-0.3, -0.25) is 0 Å². The highest BCUT2D eigenvalue weighted by Crippen LogP contribution is 2.16. The van der Waals surface area contributed by atoms with E-state index in [4.69, 9.17) is 9.47 Å². The van der Waals surface area contributed by atoms with Gasteiger partial charge in [-0.25, -0.2) is 0 Å². The van der Waals surface area contributed by atoms with E-state index in [9.17, 15) is 0 Å². The van der Waals surface area contributed by atoms with Crippen LogP contribution in [0.3, 0.4) is 0 Å². The van der Waals surface area contributed by atoms with Crippen molar-refractivity contribution in [2.45, 2.75) is 19.9 Å². The summed E-state index contributed by atoms with van der Waals surface area (Å²) in [7, 11) is 1.70. The Bertz CT molecular complexity index is 537. The fourth-order valence-corrected chi connectivity index (χ4v) is 2.09. The molecule has 0 aliphatic rings. The van der Waals surface area contributed by atoms with Crippen molar-refractivity contribution in [1.82, 2.24) is 5.32 Å². The number of para-hydroxylation sites is 1. The van der Waals surface area contributed by atoms with E-state index < -0.39 is 0 Å². The standard InChI is InChI=1S/C18H23NO2/c1-15-8-10-17(11-9-15)21-13-5-12-19-14-16-6-3-4-7-18(16)20-2/h3-4,6-11,19H,5,12-14H2,1-2H3. The highest BCUT2D eigenvalue weighted by molar-refractivity contribution is 5.33. The fourth-order valence-electron chi connectivity index (χ4n) is 2.09. The number of hydrogen-bond donors (Lipinski definition) is 1. The van der Waals surface area contributed by atoms with Crippen LogP contribution in [0.25, 0.3) is 0 Å². The molecule has 0 amide bonds. The van der Waals surface area contributed by atoms with Gasteiger partial charge < -0.3 is 14.8 Å². The van der Waals surface area contributed by atoms with Crippen molar-refractivity contribution in [3.63, 3.8) is 0 Å². The summed E-state index contributed by atoms with van der Waals surface area (Å²) in [4.78, 5) is 0. The van der Waals surface area contributed by atoms with Crippen molar-refractivity contribution in [3.8, 4) is 11.5 Å². The Balaban J connectivity index is 1.63. The first kappa shape index (κ1) is 15.4. The van der Waals surface area contributed by atoms with Crippen molar-refractivity contribution < 1.29 is 9.47 Å². The van der Waals surface area contributed by atoms with Crippen molar-refractivity contribution in [1.29, 1.82) is 0 Å². The van der Waals surface area contributed by atoms with Gasteiger partial charge in [0.15, 0.2) is 0 Å². The molecule has 3 nitrogen and oxygen atoms in total. The molecule has 1 N–H and O–H groups in total. The highest BCUT2D eigenvalue weighted by atomic mass is 16.5. The fraction of sp³-hybridized carbons (Fsp3) is 0.333. The Kier molecular flexibility index (Phi) is 6.10. The number of rotatable bonds is 8. The molecular weight excluding hydrogens is 262 g/mol. The molecule has 0 aliphatic heterocycles. The van der Waals surface area contributed by atoms with Crippen LogP contribution in [0.1, 0.15) is 17.5 Å². The zero-order chi connectivity index (χ0) is 14.9. The largest absolute Gasteiger partial charge is 0.496 e. The van der Waals surface area contributed by atoms with Crippen LogP contribution in [0.4, 0.5) is 0 Å². The lowest BCUT2D eigenvalue weighted by Crippen LogP contribution is -2.17. The Labute approximate surface area is 126 Å². The topological polar surface area (TPSA) is 30.5 Å². The van der Waals surface area contributed by atoms with Gasteiger partial charge in [-0.15, -0.1) is 0 Å². The lowest BCUT2D eigenvalue weighted by atomic mass is 10.2. The average molecular weight is 285 g/mol. The molecule has 0 radical (unpaired) electrons. The van der Waals surface area contributed by atoms with E-state index in [1.165, 1.54) is 11.1 Å². The predicted octanol–water partition coefficient (Wildman–Crippen LogP) is 3.56. The summed E-state index contributed by atoms with van der Waals surface area (Å²) < 4.78 is 11.0. The van der Waals surface area contributed by atoms with Crippen molar-refractivity contribution in [2.75, 3.05) is 20.3 Å². The highest BCUT2D eigenvalue weighted by Gasteiger charge is 2.00. The first-order chi connectivity index (χ1) is 10.3. The first-order valence-electron chi connectivity index (χ1n) is 7.31. The Morgan fingerprint density at radius 2 is 1.76 bits per heavy atom. The van der Waals surface area contributed by atoms with E-state index in [1.54, 1.807) is 7.11 Å². The van der Waals surface area contributed by atoms with Crippen LogP contribution >= 0.6 is 0 Å². The van der Waals surface area contributed by atoms with Gasteiger partial charge in [0.25, 0.3) is 0 Å². The molecule has 3 heteroatoms. The molecule has 0 bridgehead atoms. The molecule has 112 valence electrons. The van der Waals surface area contributed by atoms with Crippen LogP contribution in [0.5, 0.6) is 11.5 Å². The molecule has 0 fully saturated rings. The van der Waals surface area contributed by atoms with Gasteiger partial charge in [-0.1, -0.05) is 35.9 Å². The first-order valence-corrected chi connectivity index (χ1v) is 7.31. The molecule has 0 saturated heterocycles. The van der Waals surface area contributed by atoms with Gasteiger partial charge in [0.1, 0.15) is 11.5 Å². The summed E-state index contributed by atoms with van der Waals surface area (Å²) in [6.45, 7) is 4.53. The van der Waals surface area contributed by atoms with Gasteiger partial charge in [0, 0.05) is 12.1 Å². The van der Waals surface area contributed by atoms with Crippen molar-refractivity contribution >= 4 is 0 Å². The minimum Gasteiger partial charge on any atom is -0.496 e. The molecule has 0 aliphatic carbocycles. The zero-order valence-corrected chi connectivity index (χ0v) is 12.8. The lowest BCUT2D eigenvalue weighted by molar-refractivity contribution is 0.308. The number of hydrogen-bond acceptors (Lipinski definition) is 3. The summed E-state index contributed by atoms with van der Waals surface area (Å²) in [5.41, 5.74) is 2.43. The van der Waals surface area contributed by atoms with Crippen LogP contribution in [-0.4, -0.2) is 20.3 Å². The summed E-state index contributed by atoms with van der Waals surface area (Å²) in [5, 5.41) is 3.41. The molecule has 21 heavy (non-hydrogen) atoms. The second-order valence-corrected chi connectivity index (χ2v) is 5.00. The predicted molar refractivity (Wildman–Crippen MR) is 86.0 cm³/mol. The third kappa shape index (κ3) is 5.12. The number of methoxy groups -OCH3 is 1. The quantitative estimate of drug-likeness (QED) is 0.752. The van der Waals surface area contributed by atoms with Crippen LogP contribution in [0.15, 0.2) is 48.5 Å². The number of nitrogens with one attached hydrogen (secondary N) is 1. The Morgan fingerprint density at radius 3 is 2.52 bits per heavy atom. The van der Waals surface area contributed by atoms with E-state index >= 15 is 0 Å². The monoisotopic (exact) mass is 285 g/mol. The normalized spacial score (nSPS) is 10.4. The molecule has 0 heterocycles. The lowest BCUT2D eigenvalue weighted by Gasteiger charge is -2.10. The summed E-state index contributed by atoms with van der Waals surface area (Å²) >= 11 is 0. The van der Waals surface area contributed by atoms with E-state index in [1.807, 2.05) is 30.3 Å². The maximum atomic E-state index is 5.69. The summed E-state index contributed by atoms with van der Waals surface area (Å²) in [5.74, 6) is 1.87. The minimum absolute atomic E-state index is 0.724. The van der Waals surface area contributed by atoms with E-state index in [2.05, 4.69) is 30.4 Å². The van der Waals surface area contributed by atoms with Crippen LogP contribution in [-0.2, 0) is 6.54 Å². The van der Waals surface area contributed by atoms with E-state index in [0.29, 0.717) is 0 Å². The molecule has 0 aromatic heterocycles. The van der Waals surface area contributed by atoms with Gasteiger partial charge in [-0.2, -0.15) is 0 Å². The van der Waals surface area contributed by atoms with E-state index in [-0.39, 0.29) is 0 Å². The minimum atomic E-state index is 0.724. The average Bonchev–Trinajstić information content (AvgIpc) is 2.53. The summed E-state index contributed by atoms with van der Waals surface area (Å²) in [6.07, 6.45) is 0.975. The summed E-state index contributed by atoms with van der Waals surface area (Å²) in [6, 6.07) is 16.2. The molecule has 0 atom stereocenters. The molecular formula is C18H23NO2. The van der Waals surface area contributed by atoms with Crippen LogP contribution in [0.2, 0.25) is 0 Å². The molecule has 0 spiro atoms. The second-order valence-electron chi connectivity index (χ2n) is 5.00. The van der Waals surface area contributed by atoms with Gasteiger partial charge in [0.2, 0.25) is 0 Å². The van der Waals surface area contributed by atoms with Crippen molar-refractivity contribution in [3.05, 3.63) is 59.7 Å². The Hall–Kier alpha value is -2.00. The molecule has 0 saturated carbocycles. The van der Waals surface area contributed by atoms with Crippen LogP contribution < -0.4 is 14.8 Å². The smallest absolute Gasteiger partial charge is 0.123 e. The van der Waals surface area contributed by atoms with Gasteiger partial charge in [0.05, 0.1) is 13.7 Å². The second kappa shape index (κ2) is 8.32. The van der Waals surface area contributed by atoms with Gasteiger partial charge in [-0.05, 0) is 38.1 Å². The SMILES string of the molecule is COc1ccccc1CNCCCOc1ccc(C)cc1. The molecule has 2 aromatic carbocycles. The van der Waals surface area contributed by atoms with Gasteiger partial charge >= 0.3 is 0 Å². The Morgan fingerprint density at radius 1 is 1.00 bits per heavy atom. The van der Waals surface area contributed by atoms with Crippen molar-refractivity contribution in [2.24, 2.45) is 0 Å². The number of aryl methyl sites for hydroxylation is 1. The number of ether oxygens (including phenoxy) is 2. The third-order valence-corrected chi connectivity index (χ3v) is 3.30. The molecule has 2 rings (SSSR count).